The Morgan fingerprint density at radius 2 is 1.89 bits per heavy atom. The molecule has 0 aromatic rings. The van der Waals surface area contributed by atoms with Crippen LogP contribution >= 0.6 is 0 Å². The molecular formula is C6H8O3. The van der Waals surface area contributed by atoms with Crippen LogP contribution in [0.4, 0.5) is 0 Å². The van der Waals surface area contributed by atoms with E-state index in [1.54, 1.807) is 13.8 Å². The van der Waals surface area contributed by atoms with Crippen molar-refractivity contribution in [3.63, 3.8) is 0 Å². The highest BCUT2D eigenvalue weighted by Crippen LogP contribution is 2.16. The molecule has 2 unspecified atom stereocenters. The summed E-state index contributed by atoms with van der Waals surface area (Å²) in [6, 6.07) is 0. The van der Waals surface area contributed by atoms with Crippen LogP contribution in [-0.2, 0) is 14.3 Å². The summed E-state index contributed by atoms with van der Waals surface area (Å²) in [7, 11) is 0. The van der Waals surface area contributed by atoms with Crippen LogP contribution in [0.5, 0.6) is 0 Å². The van der Waals surface area contributed by atoms with Gasteiger partial charge in [-0.3, -0.25) is 4.79 Å². The normalized spacial score (nSPS) is 34.9. The molecule has 0 radical (unpaired) electrons. The van der Waals surface area contributed by atoms with E-state index in [4.69, 9.17) is 0 Å². The van der Waals surface area contributed by atoms with Gasteiger partial charge >= 0.3 is 5.97 Å². The number of hydrogen-bond acceptors (Lipinski definition) is 3. The molecule has 2 atom stereocenters. The molecule has 0 aliphatic carbocycles. The number of esters is 1. The van der Waals surface area contributed by atoms with Crippen molar-refractivity contribution in [2.45, 2.75) is 20.0 Å². The summed E-state index contributed by atoms with van der Waals surface area (Å²) < 4.78 is 4.60. The molecule has 1 saturated heterocycles. The van der Waals surface area contributed by atoms with Crippen molar-refractivity contribution in [2.24, 2.45) is 5.92 Å². The first-order chi connectivity index (χ1) is 4.13. The number of cyclic esters (lactones) is 1. The Morgan fingerprint density at radius 3 is 2.00 bits per heavy atom. The first-order valence-corrected chi connectivity index (χ1v) is 2.87. The van der Waals surface area contributed by atoms with Crippen LogP contribution in [0.2, 0.25) is 0 Å². The van der Waals surface area contributed by atoms with Crippen LogP contribution in [-0.4, -0.2) is 17.9 Å². The Labute approximate surface area is 53.0 Å². The highest BCUT2D eigenvalue weighted by atomic mass is 16.6. The van der Waals surface area contributed by atoms with Gasteiger partial charge in [0.15, 0.2) is 0 Å². The molecule has 3 heteroatoms. The molecule has 50 valence electrons. The Bertz CT molecular complexity index is 162. The summed E-state index contributed by atoms with van der Waals surface area (Å²) in [6.07, 6.45) is -0.231. The van der Waals surface area contributed by atoms with E-state index in [2.05, 4.69) is 4.74 Å². The average molecular weight is 128 g/mol. The fourth-order valence-electron chi connectivity index (χ4n) is 0.728. The zero-order valence-corrected chi connectivity index (χ0v) is 5.38. The largest absolute Gasteiger partial charge is 0.456 e. The van der Waals surface area contributed by atoms with Crippen molar-refractivity contribution in [1.29, 1.82) is 0 Å². The van der Waals surface area contributed by atoms with Gasteiger partial charge in [0.25, 0.3) is 0 Å². The van der Waals surface area contributed by atoms with Crippen molar-refractivity contribution in [3.8, 4) is 0 Å². The second-order valence-electron chi connectivity index (χ2n) is 2.26. The lowest BCUT2D eigenvalue weighted by molar-refractivity contribution is -0.148. The lowest BCUT2D eigenvalue weighted by Gasteiger charge is -2.01. The van der Waals surface area contributed by atoms with Gasteiger partial charge in [0, 0.05) is 0 Å². The fourth-order valence-corrected chi connectivity index (χ4v) is 0.728. The average Bonchev–Trinajstić information content (AvgIpc) is 1.98. The van der Waals surface area contributed by atoms with Crippen molar-refractivity contribution in [2.75, 3.05) is 0 Å². The minimum absolute atomic E-state index is 0.231. The number of carbonyl (C=O) groups excluding carboxylic acids is 2. The molecule has 1 aliphatic heterocycles. The zero-order valence-electron chi connectivity index (χ0n) is 5.38. The van der Waals surface area contributed by atoms with Gasteiger partial charge in [-0.15, -0.1) is 0 Å². The Morgan fingerprint density at radius 1 is 1.33 bits per heavy atom. The standard InChI is InChI=1S/C6H8O3/c1-3-4(2)9-6(8)5(3)7/h3-4H,1-2H3. The predicted molar refractivity (Wildman–Crippen MR) is 29.7 cm³/mol. The van der Waals surface area contributed by atoms with E-state index in [9.17, 15) is 9.59 Å². The summed E-state index contributed by atoms with van der Waals surface area (Å²) in [5.41, 5.74) is 0. The van der Waals surface area contributed by atoms with E-state index in [1.807, 2.05) is 0 Å². The number of rotatable bonds is 0. The summed E-state index contributed by atoms with van der Waals surface area (Å²) >= 11 is 0. The van der Waals surface area contributed by atoms with Gasteiger partial charge in [0.1, 0.15) is 6.10 Å². The summed E-state index contributed by atoms with van der Waals surface area (Å²) in [6.45, 7) is 3.41. The third-order valence-corrected chi connectivity index (χ3v) is 1.61. The Kier molecular flexibility index (Phi) is 1.27. The monoisotopic (exact) mass is 128 g/mol. The van der Waals surface area contributed by atoms with E-state index in [-0.39, 0.29) is 12.0 Å². The topological polar surface area (TPSA) is 43.4 Å². The lowest BCUT2D eigenvalue weighted by atomic mass is 10.1. The van der Waals surface area contributed by atoms with E-state index in [0.717, 1.165) is 0 Å². The molecule has 0 saturated carbocycles. The van der Waals surface area contributed by atoms with Gasteiger partial charge in [-0.05, 0) is 6.92 Å². The number of ether oxygens (including phenoxy) is 1. The summed E-state index contributed by atoms with van der Waals surface area (Å²) in [5, 5.41) is 0. The van der Waals surface area contributed by atoms with E-state index in [0.29, 0.717) is 0 Å². The first kappa shape index (κ1) is 6.26. The molecule has 0 N–H and O–H groups in total. The van der Waals surface area contributed by atoms with Gasteiger partial charge in [0.05, 0.1) is 5.92 Å². The molecule has 9 heavy (non-hydrogen) atoms. The van der Waals surface area contributed by atoms with E-state index in [1.165, 1.54) is 0 Å². The second kappa shape index (κ2) is 1.83. The molecule has 1 aliphatic rings. The smallest absolute Gasteiger partial charge is 0.375 e. The molecular weight excluding hydrogens is 120 g/mol. The highest BCUT2D eigenvalue weighted by Gasteiger charge is 2.37. The third-order valence-electron chi connectivity index (χ3n) is 1.61. The van der Waals surface area contributed by atoms with Gasteiger partial charge in [-0.25, -0.2) is 4.79 Å². The maximum absolute atomic E-state index is 10.6. The summed E-state index contributed by atoms with van der Waals surface area (Å²) in [4.78, 5) is 21.1. The highest BCUT2D eigenvalue weighted by molar-refractivity contribution is 6.36. The van der Waals surface area contributed by atoms with E-state index < -0.39 is 11.8 Å². The zero-order chi connectivity index (χ0) is 7.02. The second-order valence-corrected chi connectivity index (χ2v) is 2.26. The Hall–Kier alpha value is -0.860. The van der Waals surface area contributed by atoms with Crippen LogP contribution in [0, 0.1) is 5.92 Å². The van der Waals surface area contributed by atoms with Crippen molar-refractivity contribution in [3.05, 3.63) is 0 Å². The maximum atomic E-state index is 10.6. The maximum Gasteiger partial charge on any atom is 0.375 e. The number of carbonyl (C=O) groups is 2. The lowest BCUT2D eigenvalue weighted by Crippen LogP contribution is -2.13. The first-order valence-electron chi connectivity index (χ1n) is 2.87. The van der Waals surface area contributed by atoms with Crippen LogP contribution in [0.1, 0.15) is 13.8 Å². The molecule has 0 aromatic heterocycles. The van der Waals surface area contributed by atoms with Crippen LogP contribution in [0.25, 0.3) is 0 Å². The molecule has 3 nitrogen and oxygen atoms in total. The number of Topliss-reactive ketones (excluding diaryl/α,β-unsaturated/α-hetero) is 1. The van der Waals surface area contributed by atoms with Crippen LogP contribution < -0.4 is 0 Å². The minimum Gasteiger partial charge on any atom is -0.456 e. The predicted octanol–water partition coefficient (Wildman–Crippen LogP) is 0.137. The van der Waals surface area contributed by atoms with Gasteiger partial charge in [0.2, 0.25) is 5.78 Å². The third kappa shape index (κ3) is 0.823. The van der Waals surface area contributed by atoms with E-state index >= 15 is 0 Å². The van der Waals surface area contributed by atoms with Gasteiger partial charge in [-0.2, -0.15) is 0 Å². The summed E-state index contributed by atoms with van der Waals surface area (Å²) in [5.74, 6) is -1.34. The molecule has 1 heterocycles. The van der Waals surface area contributed by atoms with Gasteiger partial charge < -0.3 is 4.74 Å². The minimum atomic E-state index is -0.685. The molecule has 0 spiro atoms. The Balaban J connectivity index is 2.77. The fraction of sp³-hybridized carbons (Fsp3) is 0.667. The van der Waals surface area contributed by atoms with Crippen LogP contribution in [0.3, 0.4) is 0 Å². The van der Waals surface area contributed by atoms with Crippen molar-refractivity contribution < 1.29 is 14.3 Å². The molecule has 0 amide bonds. The quantitative estimate of drug-likeness (QED) is 0.344. The van der Waals surface area contributed by atoms with Crippen molar-refractivity contribution in [1.82, 2.24) is 0 Å². The number of hydrogen-bond donors (Lipinski definition) is 0. The van der Waals surface area contributed by atoms with Crippen molar-refractivity contribution >= 4 is 11.8 Å². The SMILES string of the molecule is CC1OC(=O)C(=O)C1C. The molecule has 0 aromatic carbocycles. The number of ketones is 1. The molecule has 0 bridgehead atoms. The molecule has 1 rings (SSSR count). The van der Waals surface area contributed by atoms with Gasteiger partial charge in [-0.1, -0.05) is 6.92 Å². The molecule has 1 fully saturated rings. The van der Waals surface area contributed by atoms with Crippen LogP contribution in [0.15, 0.2) is 0 Å².